The van der Waals surface area contributed by atoms with E-state index in [4.69, 9.17) is 9.47 Å². The molecule has 0 fully saturated rings. The summed E-state index contributed by atoms with van der Waals surface area (Å²) in [6.45, 7) is 4.06. The van der Waals surface area contributed by atoms with Crippen LogP contribution in [0, 0.1) is 6.92 Å². The van der Waals surface area contributed by atoms with E-state index in [1.807, 2.05) is 42.1 Å². The predicted molar refractivity (Wildman–Crippen MR) is 126 cm³/mol. The molecule has 1 aromatic carbocycles. The van der Waals surface area contributed by atoms with Crippen LogP contribution >= 0.6 is 11.9 Å². The molecular weight excluding hydrogens is 442 g/mol. The third kappa shape index (κ3) is 4.90. The summed E-state index contributed by atoms with van der Waals surface area (Å²) in [4.78, 5) is 8.79. The molecular formula is C21H25N9O2S. The number of benzene rings is 1. The maximum absolute atomic E-state index is 5.63. The molecule has 1 unspecified atom stereocenters. The van der Waals surface area contributed by atoms with Crippen molar-refractivity contribution in [3.05, 3.63) is 48.2 Å². The molecule has 1 N–H and O–H groups in total. The molecule has 4 aromatic rings. The van der Waals surface area contributed by atoms with Gasteiger partial charge < -0.3 is 9.47 Å². The average molecular weight is 468 g/mol. The van der Waals surface area contributed by atoms with Gasteiger partial charge >= 0.3 is 0 Å². The molecule has 0 aliphatic heterocycles. The number of aromatic nitrogens is 8. The lowest BCUT2D eigenvalue weighted by Crippen LogP contribution is -2.11. The van der Waals surface area contributed by atoms with E-state index in [1.165, 1.54) is 11.9 Å². The van der Waals surface area contributed by atoms with Crippen LogP contribution in [0.15, 0.2) is 36.8 Å². The number of aryl methyl sites for hydroxylation is 2. The Hall–Kier alpha value is -3.67. The van der Waals surface area contributed by atoms with E-state index in [0.29, 0.717) is 41.1 Å². The van der Waals surface area contributed by atoms with Crippen LogP contribution in [0.3, 0.4) is 0 Å². The van der Waals surface area contributed by atoms with Gasteiger partial charge in [0.05, 0.1) is 20.4 Å². The van der Waals surface area contributed by atoms with Gasteiger partial charge in [-0.1, -0.05) is 18.2 Å². The maximum Gasteiger partial charge on any atom is 0.239 e. The van der Waals surface area contributed by atoms with E-state index in [1.54, 1.807) is 32.1 Å². The van der Waals surface area contributed by atoms with E-state index >= 15 is 0 Å². The molecule has 0 bridgehead atoms. The maximum atomic E-state index is 5.63. The molecule has 0 saturated carbocycles. The van der Waals surface area contributed by atoms with Gasteiger partial charge in [-0.2, -0.15) is 0 Å². The summed E-state index contributed by atoms with van der Waals surface area (Å²) >= 11 is 1.50. The summed E-state index contributed by atoms with van der Waals surface area (Å²) in [5, 5.41) is 17.2. The van der Waals surface area contributed by atoms with Gasteiger partial charge in [0.1, 0.15) is 23.0 Å². The first-order valence-electron chi connectivity index (χ1n) is 10.2. The Balaban J connectivity index is 1.68. The first-order valence-corrected chi connectivity index (χ1v) is 11.1. The second kappa shape index (κ2) is 9.86. The first kappa shape index (κ1) is 22.5. The minimum Gasteiger partial charge on any atom is -0.494 e. The van der Waals surface area contributed by atoms with Crippen LogP contribution in [-0.4, -0.2) is 59.2 Å². The van der Waals surface area contributed by atoms with Gasteiger partial charge in [-0.15, -0.1) is 15.3 Å². The van der Waals surface area contributed by atoms with E-state index in [2.05, 4.69) is 42.1 Å². The zero-order valence-electron chi connectivity index (χ0n) is 19.1. The van der Waals surface area contributed by atoms with Crippen molar-refractivity contribution in [2.45, 2.75) is 25.5 Å². The highest BCUT2D eigenvalue weighted by Crippen LogP contribution is 2.37. The average Bonchev–Trinajstić information content (AvgIpc) is 3.44. The summed E-state index contributed by atoms with van der Waals surface area (Å²) in [6.07, 6.45) is 6.12. The Bertz CT molecular complexity index is 1200. The second-order valence-electron chi connectivity index (χ2n) is 7.38. The molecule has 3 aromatic heterocycles. The number of hydrogen-bond donors (Lipinski definition) is 1. The van der Waals surface area contributed by atoms with Crippen molar-refractivity contribution in [3.63, 3.8) is 0 Å². The molecule has 0 amide bonds. The SMILES string of the molecule is COc1cccc(OC)c1-n1c(NSC(C)Cc2ncc(C)cn2)nnc1-c1cn(C)nn1. The Labute approximate surface area is 195 Å². The summed E-state index contributed by atoms with van der Waals surface area (Å²) in [5.41, 5.74) is 2.26. The molecule has 12 heteroatoms. The number of methoxy groups -OCH3 is 2. The zero-order valence-corrected chi connectivity index (χ0v) is 19.9. The molecule has 4 rings (SSSR count). The summed E-state index contributed by atoms with van der Waals surface area (Å²) in [5.74, 6) is 3.00. The topological polar surface area (TPSA) is 118 Å². The van der Waals surface area contributed by atoms with Gasteiger partial charge in [0.15, 0.2) is 11.5 Å². The third-order valence-corrected chi connectivity index (χ3v) is 5.65. The number of rotatable bonds is 9. The predicted octanol–water partition coefficient (Wildman–Crippen LogP) is 2.87. The van der Waals surface area contributed by atoms with Gasteiger partial charge in [0, 0.05) is 31.1 Å². The van der Waals surface area contributed by atoms with Crippen LogP contribution < -0.4 is 14.2 Å². The molecule has 172 valence electrons. The van der Waals surface area contributed by atoms with Crippen LogP contribution in [0.1, 0.15) is 18.3 Å². The van der Waals surface area contributed by atoms with Crippen molar-refractivity contribution in [2.24, 2.45) is 7.05 Å². The van der Waals surface area contributed by atoms with Crippen molar-refractivity contribution in [1.29, 1.82) is 0 Å². The number of para-hydroxylation sites is 1. The lowest BCUT2D eigenvalue weighted by molar-refractivity contribution is 0.391. The van der Waals surface area contributed by atoms with Crippen LogP contribution in [0.4, 0.5) is 5.95 Å². The first-order chi connectivity index (χ1) is 16.0. The van der Waals surface area contributed by atoms with Crippen molar-refractivity contribution >= 4 is 17.9 Å². The van der Waals surface area contributed by atoms with Crippen molar-refractivity contribution < 1.29 is 9.47 Å². The number of hydrogen-bond acceptors (Lipinski definition) is 10. The standard InChI is InChI=1S/C21H25N9O2S/c1-13-10-22-18(23-11-13)9-14(2)33-27-21-26-25-20(15-12-29(3)28-24-15)30(21)19-16(31-4)7-6-8-17(19)32-5/h6-8,10-12,14H,9H2,1-5H3,(H,26,27). The van der Waals surface area contributed by atoms with Gasteiger partial charge in [0.2, 0.25) is 5.95 Å². The molecule has 0 saturated heterocycles. The normalized spacial score (nSPS) is 11.9. The molecule has 0 aliphatic carbocycles. The van der Waals surface area contributed by atoms with Gasteiger partial charge in [-0.25, -0.2) is 9.97 Å². The zero-order chi connectivity index (χ0) is 23.4. The molecule has 0 radical (unpaired) electrons. The molecule has 11 nitrogen and oxygen atoms in total. The van der Waals surface area contributed by atoms with Crippen LogP contribution in [-0.2, 0) is 13.5 Å². The second-order valence-corrected chi connectivity index (χ2v) is 8.63. The van der Waals surface area contributed by atoms with Crippen molar-refractivity contribution in [2.75, 3.05) is 18.9 Å². The number of nitrogens with one attached hydrogen (secondary N) is 1. The molecule has 0 aliphatic rings. The molecule has 1 atom stereocenters. The van der Waals surface area contributed by atoms with E-state index in [9.17, 15) is 0 Å². The van der Waals surface area contributed by atoms with E-state index in [-0.39, 0.29) is 5.25 Å². The summed E-state index contributed by atoms with van der Waals surface area (Å²) in [7, 11) is 5.01. The fraction of sp³-hybridized carbons (Fsp3) is 0.333. The minimum absolute atomic E-state index is 0.164. The highest BCUT2D eigenvalue weighted by Gasteiger charge is 2.24. The number of ether oxygens (including phenoxy) is 2. The minimum atomic E-state index is 0.164. The largest absolute Gasteiger partial charge is 0.494 e. The Kier molecular flexibility index (Phi) is 6.73. The van der Waals surface area contributed by atoms with Crippen LogP contribution in [0.2, 0.25) is 0 Å². The fourth-order valence-electron chi connectivity index (χ4n) is 3.21. The number of nitrogens with zero attached hydrogens (tertiary/aromatic N) is 8. The Morgan fingerprint density at radius 3 is 2.36 bits per heavy atom. The van der Waals surface area contributed by atoms with Gasteiger partial charge in [0.25, 0.3) is 0 Å². The lowest BCUT2D eigenvalue weighted by Gasteiger charge is -2.17. The van der Waals surface area contributed by atoms with Gasteiger partial charge in [-0.05, 0) is 36.6 Å². The van der Waals surface area contributed by atoms with Crippen molar-refractivity contribution in [1.82, 2.24) is 39.7 Å². The Morgan fingerprint density at radius 2 is 1.76 bits per heavy atom. The lowest BCUT2D eigenvalue weighted by atomic mass is 10.2. The van der Waals surface area contributed by atoms with Gasteiger partial charge in [-0.3, -0.25) is 14.0 Å². The highest BCUT2D eigenvalue weighted by atomic mass is 32.2. The van der Waals surface area contributed by atoms with E-state index < -0.39 is 0 Å². The Morgan fingerprint density at radius 1 is 1.06 bits per heavy atom. The van der Waals surface area contributed by atoms with Crippen LogP contribution in [0.5, 0.6) is 11.5 Å². The molecule has 3 heterocycles. The summed E-state index contributed by atoms with van der Waals surface area (Å²) in [6, 6.07) is 5.57. The van der Waals surface area contributed by atoms with Crippen molar-refractivity contribution in [3.8, 4) is 28.7 Å². The summed E-state index contributed by atoms with van der Waals surface area (Å²) < 4.78 is 18.0. The highest BCUT2D eigenvalue weighted by molar-refractivity contribution is 8.01. The van der Waals surface area contributed by atoms with E-state index in [0.717, 1.165) is 11.4 Å². The smallest absolute Gasteiger partial charge is 0.239 e. The molecule has 33 heavy (non-hydrogen) atoms. The fourth-order valence-corrected chi connectivity index (χ4v) is 3.88. The molecule has 0 spiro atoms. The quantitative estimate of drug-likeness (QED) is 0.368. The van der Waals surface area contributed by atoms with Crippen LogP contribution in [0.25, 0.3) is 17.2 Å². The number of anilines is 1. The monoisotopic (exact) mass is 467 g/mol. The third-order valence-electron chi connectivity index (χ3n) is 4.78.